The van der Waals surface area contributed by atoms with Crippen LogP contribution in [0.1, 0.15) is 32.9 Å². The highest BCUT2D eigenvalue weighted by atomic mass is 32.1. The number of primary amides is 1. The number of hydrogen-bond acceptors (Lipinski definition) is 7. The Morgan fingerprint density at radius 1 is 1.28 bits per heavy atom. The van der Waals surface area contributed by atoms with Crippen LogP contribution in [0, 0.1) is 12.7 Å². The van der Waals surface area contributed by atoms with E-state index in [4.69, 9.17) is 10.5 Å². The summed E-state index contributed by atoms with van der Waals surface area (Å²) in [6.07, 6.45) is -4.09. The molecule has 13 heteroatoms. The Bertz CT molecular complexity index is 1340. The molecule has 0 saturated heterocycles. The molecule has 2 atom stereocenters. The molecule has 1 unspecified atom stereocenters. The zero-order valence-corrected chi connectivity index (χ0v) is 19.8. The van der Waals surface area contributed by atoms with Crippen molar-refractivity contribution in [3.63, 3.8) is 0 Å². The van der Waals surface area contributed by atoms with Gasteiger partial charge in [0, 0.05) is 11.1 Å². The Balaban J connectivity index is 1.86. The highest BCUT2D eigenvalue weighted by Crippen LogP contribution is 2.47. The summed E-state index contributed by atoms with van der Waals surface area (Å²) in [5.41, 5.74) is -0.553. The van der Waals surface area contributed by atoms with Crippen molar-refractivity contribution < 1.29 is 37.0 Å². The molecule has 190 valence electrons. The Labute approximate surface area is 206 Å². The van der Waals surface area contributed by atoms with E-state index in [0.29, 0.717) is 5.01 Å². The monoisotopic (exact) mass is 524 g/mol. The lowest BCUT2D eigenvalue weighted by molar-refractivity contribution is -0.265. The second kappa shape index (κ2) is 8.82. The van der Waals surface area contributed by atoms with Gasteiger partial charge in [-0.05, 0) is 44.2 Å². The molecule has 0 saturated carbocycles. The molecule has 0 radical (unpaired) electrons. The van der Waals surface area contributed by atoms with Crippen LogP contribution in [0.25, 0.3) is 11.3 Å². The van der Waals surface area contributed by atoms with E-state index in [1.807, 2.05) is 0 Å². The molecule has 1 aliphatic rings. The lowest BCUT2D eigenvalue weighted by atomic mass is 9.81. The third kappa shape index (κ3) is 4.28. The first-order valence-electron chi connectivity index (χ1n) is 10.5. The normalized spacial score (nSPS) is 18.8. The number of nitrogens with zero attached hydrogens (tertiary/aromatic N) is 2. The molecule has 1 aromatic carbocycles. The van der Waals surface area contributed by atoms with Gasteiger partial charge in [0.2, 0.25) is 11.5 Å². The molecule has 4 rings (SSSR count). The second-order valence-corrected chi connectivity index (χ2v) is 9.74. The van der Waals surface area contributed by atoms with Crippen LogP contribution in [0.15, 0.2) is 36.5 Å². The van der Waals surface area contributed by atoms with Crippen molar-refractivity contribution in [2.45, 2.75) is 31.0 Å². The summed E-state index contributed by atoms with van der Waals surface area (Å²) in [7, 11) is 0. The van der Waals surface area contributed by atoms with Crippen LogP contribution in [0.4, 0.5) is 17.6 Å². The molecule has 36 heavy (non-hydrogen) atoms. The first kappa shape index (κ1) is 25.5. The summed E-state index contributed by atoms with van der Waals surface area (Å²) >= 11 is 0.970. The average molecular weight is 524 g/mol. The van der Waals surface area contributed by atoms with E-state index in [-0.39, 0.29) is 34.1 Å². The minimum atomic E-state index is -5.30. The Hall–Kier alpha value is -3.58. The van der Waals surface area contributed by atoms with Crippen LogP contribution < -0.4 is 15.8 Å². The fourth-order valence-electron chi connectivity index (χ4n) is 3.70. The van der Waals surface area contributed by atoms with Crippen molar-refractivity contribution in [2.24, 2.45) is 5.73 Å². The van der Waals surface area contributed by atoms with Crippen LogP contribution >= 0.6 is 11.3 Å². The summed E-state index contributed by atoms with van der Waals surface area (Å²) in [4.78, 5) is 32.6. The van der Waals surface area contributed by atoms with Gasteiger partial charge in [0.1, 0.15) is 34.2 Å². The number of alkyl halides is 3. The van der Waals surface area contributed by atoms with Crippen LogP contribution in [0.3, 0.4) is 0 Å². The number of pyridine rings is 1. The second-order valence-electron chi connectivity index (χ2n) is 8.51. The molecule has 8 nitrogen and oxygen atoms in total. The lowest BCUT2D eigenvalue weighted by Gasteiger charge is -2.31. The average Bonchev–Trinajstić information content (AvgIpc) is 3.41. The summed E-state index contributed by atoms with van der Waals surface area (Å²) in [5, 5.41) is 13.6. The Kier molecular flexibility index (Phi) is 6.25. The molecular formula is C23H20F4N4O4S. The van der Waals surface area contributed by atoms with Crippen molar-refractivity contribution in [1.82, 2.24) is 15.3 Å². The van der Waals surface area contributed by atoms with E-state index in [2.05, 4.69) is 15.3 Å². The van der Waals surface area contributed by atoms with E-state index in [0.717, 1.165) is 29.5 Å². The van der Waals surface area contributed by atoms with Crippen molar-refractivity contribution in [3.8, 4) is 17.0 Å². The number of hydrogen-bond donors (Lipinski definition) is 3. The molecule has 3 aromatic rings. The van der Waals surface area contributed by atoms with Gasteiger partial charge in [-0.15, -0.1) is 11.3 Å². The van der Waals surface area contributed by atoms with Gasteiger partial charge in [-0.25, -0.2) is 14.4 Å². The van der Waals surface area contributed by atoms with Crippen molar-refractivity contribution >= 4 is 23.2 Å². The zero-order valence-electron chi connectivity index (χ0n) is 18.9. The number of halogens is 4. The van der Waals surface area contributed by atoms with Crippen molar-refractivity contribution in [1.29, 1.82) is 0 Å². The van der Waals surface area contributed by atoms with Gasteiger partial charge in [0.25, 0.3) is 5.91 Å². The maximum atomic E-state index is 14.3. The lowest BCUT2D eigenvalue weighted by Crippen LogP contribution is -2.51. The first-order valence-corrected chi connectivity index (χ1v) is 11.3. The number of ether oxygens (including phenoxy) is 1. The van der Waals surface area contributed by atoms with Crippen molar-refractivity contribution in [3.05, 3.63) is 63.5 Å². The number of aryl methyl sites for hydroxylation is 1. The first-order chi connectivity index (χ1) is 16.8. The smallest absolute Gasteiger partial charge is 0.424 e. The van der Waals surface area contributed by atoms with Crippen LogP contribution in [0.5, 0.6) is 5.75 Å². The van der Waals surface area contributed by atoms with E-state index >= 15 is 0 Å². The molecule has 2 aromatic heterocycles. The quantitative estimate of drug-likeness (QED) is 0.426. The number of aromatic nitrogens is 2. The number of thiazole rings is 1. The van der Waals surface area contributed by atoms with Gasteiger partial charge in [-0.1, -0.05) is 0 Å². The van der Waals surface area contributed by atoms with Gasteiger partial charge in [-0.3, -0.25) is 9.59 Å². The Morgan fingerprint density at radius 3 is 2.50 bits per heavy atom. The summed E-state index contributed by atoms with van der Waals surface area (Å²) in [5.74, 6) is -2.34. The molecule has 1 aliphatic heterocycles. The number of aliphatic hydroxyl groups is 1. The van der Waals surface area contributed by atoms with Gasteiger partial charge >= 0.3 is 6.18 Å². The van der Waals surface area contributed by atoms with Crippen molar-refractivity contribution in [2.75, 3.05) is 13.2 Å². The van der Waals surface area contributed by atoms with E-state index in [1.165, 1.54) is 25.3 Å². The number of benzene rings is 1. The minimum absolute atomic E-state index is 0.0136. The highest BCUT2D eigenvalue weighted by molar-refractivity contribution is 7.13. The molecule has 0 spiro atoms. The number of carbonyl (C=O) groups is 2. The molecule has 0 fully saturated rings. The fourth-order valence-corrected chi connectivity index (χ4v) is 4.39. The fraction of sp³-hybridized carbons (Fsp3) is 0.304. The van der Waals surface area contributed by atoms with E-state index < -0.39 is 47.1 Å². The number of fused-ring (bicyclic) bond motifs is 1. The summed E-state index contributed by atoms with van der Waals surface area (Å²) < 4.78 is 62.1. The zero-order chi connectivity index (χ0) is 26.5. The van der Waals surface area contributed by atoms with Crippen LogP contribution in [0.2, 0.25) is 0 Å². The van der Waals surface area contributed by atoms with Gasteiger partial charge in [-0.2, -0.15) is 13.2 Å². The van der Waals surface area contributed by atoms with Gasteiger partial charge < -0.3 is 20.9 Å². The third-order valence-corrected chi connectivity index (χ3v) is 6.89. The Morgan fingerprint density at radius 2 is 1.94 bits per heavy atom. The van der Waals surface area contributed by atoms with Crippen LogP contribution in [-0.4, -0.2) is 46.2 Å². The predicted octanol–water partition coefficient (Wildman–Crippen LogP) is 2.97. The number of nitrogens with two attached hydrogens (primary N) is 1. The van der Waals surface area contributed by atoms with Gasteiger partial charge in [0.15, 0.2) is 0 Å². The highest BCUT2D eigenvalue weighted by Gasteiger charge is 2.57. The number of rotatable bonds is 6. The van der Waals surface area contributed by atoms with Gasteiger partial charge in [0.05, 0.1) is 23.4 Å². The number of amides is 2. The number of carbonyl (C=O) groups excluding carboxylic acids is 2. The van der Waals surface area contributed by atoms with Crippen LogP contribution in [-0.2, 0) is 15.8 Å². The molecular weight excluding hydrogens is 504 g/mol. The summed E-state index contributed by atoms with van der Waals surface area (Å²) in [6, 6.07) is 5.59. The maximum Gasteiger partial charge on any atom is 0.424 e. The minimum Gasteiger partial charge on any atom is -0.489 e. The SMILES string of the molecule is Cc1ncc(C(=O)NCC(O)(c2cc3c(c(-c4ccc(F)cc4)n2)OC[C@]3(C)C(N)=O)C(F)(F)F)s1. The summed E-state index contributed by atoms with van der Waals surface area (Å²) in [6.45, 7) is 1.45. The maximum absolute atomic E-state index is 14.3. The predicted molar refractivity (Wildman–Crippen MR) is 121 cm³/mol. The molecule has 4 N–H and O–H groups in total. The molecule has 0 bridgehead atoms. The molecule has 3 heterocycles. The largest absolute Gasteiger partial charge is 0.489 e. The molecule has 0 aliphatic carbocycles. The topological polar surface area (TPSA) is 127 Å². The number of nitrogens with one attached hydrogen (secondary N) is 1. The van der Waals surface area contributed by atoms with E-state index in [1.54, 1.807) is 6.92 Å². The standard InChI is InChI=1S/C23H20F4N4O4S/c1-11-29-8-15(36-11)19(32)30-9-22(34,23(25,26)27)16-7-14-18(35-10-21(14,2)20(28)33)17(31-16)12-3-5-13(24)6-4-12/h3-8,34H,9-10H2,1-2H3,(H2,28,33)(H,30,32)/t21-,22?/m0/s1. The molecule has 2 amide bonds. The third-order valence-electron chi connectivity index (χ3n) is 5.98. The van der Waals surface area contributed by atoms with E-state index in [9.17, 15) is 32.3 Å².